The minimum Gasteiger partial charge on any atom is -0.696 e. The predicted molar refractivity (Wildman–Crippen MR) is 437 cm³/mol. The van der Waals surface area contributed by atoms with Gasteiger partial charge in [0, 0.05) is 58.0 Å². The molecular weight excluding hydrogens is 1840 g/mol. The molecule has 1 aliphatic heterocycles. The maximum atomic E-state index is 11.0. The number of hydrogen-bond acceptors (Lipinski definition) is 41. The molecule has 1 aliphatic rings. The first-order chi connectivity index (χ1) is 52.1. The van der Waals surface area contributed by atoms with Crippen molar-refractivity contribution in [2.45, 2.75) is 80.9 Å². The Hall–Kier alpha value is -8.27. The Bertz CT molecular complexity index is 5410. The maximum absolute atomic E-state index is 11.0. The number of fused-ring (bicyclic) bond motifs is 4. The zero-order chi connectivity index (χ0) is 82.8. The Morgan fingerprint density at radius 3 is 1.38 bits per heavy atom. The molecule has 0 saturated carbocycles. The summed E-state index contributed by atoms with van der Waals surface area (Å²) in [6, 6.07) is 3.39. The number of nitrogens with one attached hydrogen (secondary N) is 3. The Labute approximate surface area is 750 Å². The van der Waals surface area contributed by atoms with Crippen LogP contribution in [0.15, 0.2) is 71.4 Å². The number of nitriles is 1. The number of esters is 2. The molecule has 12 aromatic heterocycles. The van der Waals surface area contributed by atoms with Crippen molar-refractivity contribution in [3.05, 3.63) is 123 Å². The van der Waals surface area contributed by atoms with E-state index in [4.69, 9.17) is 113 Å². The van der Waals surface area contributed by atoms with Crippen molar-refractivity contribution >= 4 is 305 Å². The molecule has 0 aliphatic carbocycles. The van der Waals surface area contributed by atoms with Crippen LogP contribution in [0.25, 0.3) is 52.8 Å². The molecule has 3 amide bonds. The number of aliphatic imine (C=N–C) groups is 1. The van der Waals surface area contributed by atoms with E-state index in [2.05, 4.69) is 156 Å². The summed E-state index contributed by atoms with van der Waals surface area (Å²) in [5, 5.41) is 41.2. The number of pyridine rings is 2. The minimum absolute atomic E-state index is 0. The number of ether oxygens (including phenoxy) is 1. The normalized spacial score (nSPS) is 11.4. The van der Waals surface area contributed by atoms with E-state index in [9.17, 15) is 44.2 Å². The van der Waals surface area contributed by atoms with Gasteiger partial charge >= 0.3 is 81.8 Å². The number of isothiocyanates is 1. The van der Waals surface area contributed by atoms with E-state index in [1.54, 1.807) is 43.1 Å². The van der Waals surface area contributed by atoms with Gasteiger partial charge in [-0.25, -0.2) is 85.0 Å². The molecule has 0 spiro atoms. The van der Waals surface area contributed by atoms with Crippen molar-refractivity contribution in [2.75, 3.05) is 33.2 Å². The van der Waals surface area contributed by atoms with E-state index in [-0.39, 0.29) is 136 Å². The number of amides is 3. The van der Waals surface area contributed by atoms with Crippen LogP contribution < -0.4 is 90.0 Å². The second kappa shape index (κ2) is 46.9. The molecule has 0 bridgehead atoms. The number of thiazole rings is 4. The van der Waals surface area contributed by atoms with Crippen molar-refractivity contribution in [1.29, 1.82) is 5.26 Å². The number of nitrogens with two attached hydrogens (primary N) is 3. The van der Waals surface area contributed by atoms with Crippen molar-refractivity contribution in [3.8, 4) is 16.8 Å². The molecule has 12 aromatic rings. The van der Waals surface area contributed by atoms with Gasteiger partial charge in [0.2, 0.25) is 49.8 Å². The van der Waals surface area contributed by atoms with E-state index in [1.807, 2.05) is 32.9 Å². The van der Waals surface area contributed by atoms with Gasteiger partial charge in [-0.3, -0.25) is 44.2 Å². The summed E-state index contributed by atoms with van der Waals surface area (Å²) in [4.78, 5) is 148. The smallest absolute Gasteiger partial charge is 0.696 e. The number of hydrogen-bond donors (Lipinski definition) is 6. The van der Waals surface area contributed by atoms with Crippen LogP contribution in [0, 0.1) is 30.9 Å². The molecule has 0 radical (unpaired) electrons. The van der Waals surface area contributed by atoms with Crippen LogP contribution in [0.3, 0.4) is 0 Å². The predicted octanol–water partition coefficient (Wildman–Crippen LogP) is 10.0. The number of thiocyanates is 1. The SMILES string of the molecule is C.CC(=O)Nc1nc2cnc(-c3cnc(Cl)c(N)c3)nc2s1.CC(=O)Nc1nc2cnc(Br)nc2s1.CC(=O)Nc1nc2cnc(Cl)nc2s1.CC(=O)OC(C)=O.CC1(C)OB(c2cnc(Cl)c(N)c2)OC1(C)C.N#C[S-].Nc1nc2cnc(Cl)nc2s1.O=[N+]([O-])c1cnc(Cl)nc1Cl.O=[N+]([O-])c1cnc(Cl)nc1N=C=S.[K+]. The quantitative estimate of drug-likeness (QED) is 0.00669. The monoisotopic (exact) mass is 1880 g/mol. The molecule has 56 heteroatoms. The average molecular weight is 1890 g/mol. The maximum Gasteiger partial charge on any atom is 1.00 e. The molecule has 113 heavy (non-hydrogen) atoms. The van der Waals surface area contributed by atoms with E-state index in [0.717, 1.165) is 27.5 Å². The van der Waals surface area contributed by atoms with Crippen LogP contribution in [-0.2, 0) is 50.6 Å². The van der Waals surface area contributed by atoms with Gasteiger partial charge < -0.3 is 59.8 Å². The third-order valence-electron chi connectivity index (χ3n) is 12.2. The molecule has 9 N–H and O–H groups in total. The molecular formula is C57H50BBrCl7KN28O12S6. The van der Waals surface area contributed by atoms with Crippen LogP contribution >= 0.6 is 155 Å². The molecule has 40 nitrogen and oxygen atoms in total. The third kappa shape index (κ3) is 32.5. The fraction of sp³-hybridized carbons (Fsp3) is 0.211. The Morgan fingerprint density at radius 2 is 0.956 bits per heavy atom. The van der Waals surface area contributed by atoms with Crippen molar-refractivity contribution < 1.29 is 99.2 Å². The molecule has 0 aromatic carbocycles. The largest absolute Gasteiger partial charge is 1.00 e. The number of carbonyl (C=O) groups is 5. The Balaban J connectivity index is 0.000000337. The fourth-order valence-electron chi connectivity index (χ4n) is 7.09. The number of rotatable bonds is 8. The summed E-state index contributed by atoms with van der Waals surface area (Å²) >= 11 is 55.0. The first-order valence-electron chi connectivity index (χ1n) is 29.2. The van der Waals surface area contributed by atoms with E-state index < -0.39 is 28.9 Å². The number of halogens is 8. The summed E-state index contributed by atoms with van der Waals surface area (Å²) in [5.74, 6) is -1.34. The average Bonchev–Trinajstić information content (AvgIpc) is 1.63. The zero-order valence-electron chi connectivity index (χ0n) is 58.3. The third-order valence-corrected chi connectivity index (χ3v) is 17.7. The molecule has 13 heterocycles. The molecule has 1 saturated heterocycles. The number of anilines is 6. The van der Waals surface area contributed by atoms with Gasteiger partial charge in [-0.1, -0.05) is 93.0 Å². The van der Waals surface area contributed by atoms with E-state index in [1.165, 1.54) is 91.6 Å². The minimum atomic E-state index is -0.682. The van der Waals surface area contributed by atoms with Crippen LogP contribution in [0.1, 0.15) is 69.7 Å². The number of nitrogen functional groups attached to an aromatic ring is 3. The van der Waals surface area contributed by atoms with E-state index in [0.29, 0.717) is 84.9 Å². The number of nitrogens with zero attached hydrogens (tertiary/aromatic N) is 22. The van der Waals surface area contributed by atoms with Crippen LogP contribution in [0.4, 0.5) is 49.1 Å². The molecule has 1 fully saturated rings. The summed E-state index contributed by atoms with van der Waals surface area (Å²) in [5.41, 5.74) is 20.3. The van der Waals surface area contributed by atoms with E-state index >= 15 is 0 Å². The van der Waals surface area contributed by atoms with Gasteiger partial charge in [0.25, 0.3) is 0 Å². The summed E-state index contributed by atoms with van der Waals surface area (Å²) < 4.78 is 16.3. The van der Waals surface area contributed by atoms with Crippen LogP contribution in [0.2, 0.25) is 36.6 Å². The topological polar surface area (TPSA) is 582 Å². The second-order valence-corrected chi connectivity index (χ2v) is 28.4. The van der Waals surface area contributed by atoms with Crippen molar-refractivity contribution in [2.24, 2.45) is 4.99 Å². The molecule has 586 valence electrons. The van der Waals surface area contributed by atoms with Gasteiger partial charge in [-0.05, 0) is 114 Å². The summed E-state index contributed by atoms with van der Waals surface area (Å²) in [6.07, 6.45) is 11.4. The van der Waals surface area contributed by atoms with Gasteiger partial charge in [0.15, 0.2) is 41.4 Å². The number of nitro groups is 2. The van der Waals surface area contributed by atoms with Gasteiger partial charge in [0.05, 0.1) is 62.4 Å². The van der Waals surface area contributed by atoms with Crippen LogP contribution in [0.5, 0.6) is 0 Å². The zero-order valence-corrected chi connectivity index (χ0v) is 73.2. The van der Waals surface area contributed by atoms with Crippen molar-refractivity contribution in [1.82, 2.24) is 89.7 Å². The first kappa shape index (κ1) is 98.9. The molecule has 0 unspecified atom stereocenters. The van der Waals surface area contributed by atoms with Crippen molar-refractivity contribution in [3.63, 3.8) is 0 Å². The van der Waals surface area contributed by atoms with Gasteiger partial charge in [0.1, 0.15) is 53.8 Å². The number of thiocarbonyl (C=S) groups is 1. The van der Waals surface area contributed by atoms with Crippen LogP contribution in [-0.4, -0.2) is 153 Å². The summed E-state index contributed by atoms with van der Waals surface area (Å²) in [7, 11) is -0.452. The standard InChI is InChI=1S/C12H9ClN6OS.C11H16BClN2O2.C7H5BrN4OS.C7H5ClN4OS.C5HClN4O2S.C5H3ClN4S.C4HCl2N3O2.C4H6O3.CHNS.CH4.K/c1-5(20)17-12-18-8-4-16-10(19-11(8)21-12)6-2-7(14)9(13)15-3-6;1-10(2)11(3,4)17-12(16-10)7-5-8(14)9(13)15-6-7;2*1-3(13)10-7-11-4-2-9-6(8)12-5(4)14-7;6-5-7-1-3(10(11)12)4(9-5)8-2-13;6-4-8-1-2-3(10-4)11-5(7)9-2;5-3-2(9(10)11)1-7-4(6)8-3;1-3(5)7-4(2)6;2-1-3;;/h2-4H,14H2,1H3,(H,17,18,20);5-6H,14H2,1-4H3;2*2H,1H3,(H,10,11,13);1H;1H,(H2,7,9);1H;1-2H3;3H;1H4;/q;;;;;;;;;;+1/p-1. The number of carbonyl (C=O) groups excluding carboxylic acids is 5. The summed E-state index contributed by atoms with van der Waals surface area (Å²) in [6.45, 7) is 14.6. The Morgan fingerprint density at radius 1 is 0.566 bits per heavy atom. The fourth-order valence-corrected chi connectivity index (χ4v) is 11.9. The van der Waals surface area contributed by atoms with Gasteiger partial charge in [-0.2, -0.15) is 15.0 Å². The Kier molecular flexibility index (Phi) is 41.1. The molecule has 13 rings (SSSR count). The van der Waals surface area contributed by atoms with Gasteiger partial charge in [-0.15, -0.1) is 0 Å². The second-order valence-electron chi connectivity index (χ2n) is 20.9. The first-order valence-corrected chi connectivity index (χ1v) is 36.7. The number of aromatic nitrogens is 18. The molecule has 0 atom stereocenters.